The van der Waals surface area contributed by atoms with E-state index in [4.69, 9.17) is 9.47 Å². The molecule has 2 aromatic heterocycles. The van der Waals surface area contributed by atoms with Crippen LogP contribution >= 0.6 is 0 Å². The number of morpholine rings is 2. The van der Waals surface area contributed by atoms with Crippen LogP contribution in [0.2, 0.25) is 0 Å². The third kappa shape index (κ3) is 12.6. The molecule has 67 heavy (non-hydrogen) atoms. The molecule has 6 aromatic rings. The number of H-pyrrole nitrogens is 2. The Labute approximate surface area is 399 Å². The normalized spacial score (nSPS) is 16.2. The Balaban J connectivity index is 0.000000213. The van der Waals surface area contributed by atoms with Gasteiger partial charge in [-0.3, -0.25) is 28.6 Å². The van der Waals surface area contributed by atoms with Crippen LogP contribution in [0.5, 0.6) is 0 Å². The first-order valence-corrected chi connectivity index (χ1v) is 26.8. The third-order valence-electron chi connectivity index (χ3n) is 12.1. The van der Waals surface area contributed by atoms with Gasteiger partial charge in [-0.25, -0.2) is 16.8 Å². The second kappa shape index (κ2) is 23.4. The fourth-order valence-electron chi connectivity index (χ4n) is 8.24. The topological polar surface area (TPSA) is 157 Å². The number of benzene rings is 4. The predicted octanol–water partition coefficient (Wildman–Crippen LogP) is 9.03. The minimum absolute atomic E-state index is 0.182. The number of aryl methyl sites for hydroxylation is 2. The SMILES string of the molecule is CC.CCc1ccc(N(CC(C)C)S(=O)(=O)c2ccc3c(CN4CCOCC4)[nH]nc3c2)cc1.CCc1ccc(N(CC(C)C)S(=O)(=O)c2ccc3c(CN4CCOC[C@@H]4C)[nH]nc3c2)cc1. The number of rotatable bonds is 16. The van der Waals surface area contributed by atoms with Crippen LogP contribution in [0.25, 0.3) is 21.8 Å². The molecular formula is C51H72N8O6S2. The maximum absolute atomic E-state index is 13.7. The summed E-state index contributed by atoms with van der Waals surface area (Å²) in [6, 6.07) is 26.4. The van der Waals surface area contributed by atoms with Gasteiger partial charge in [0.05, 0.1) is 70.0 Å². The molecule has 1 atom stereocenters. The fraction of sp³-hybridized carbons (Fsp3) is 0.490. The number of anilines is 2. The van der Waals surface area contributed by atoms with Gasteiger partial charge < -0.3 is 9.47 Å². The molecule has 4 aromatic carbocycles. The van der Waals surface area contributed by atoms with Crippen molar-refractivity contribution in [3.63, 3.8) is 0 Å². The maximum atomic E-state index is 13.7. The van der Waals surface area contributed by atoms with Gasteiger partial charge in [-0.1, -0.05) is 79.7 Å². The highest BCUT2D eigenvalue weighted by Crippen LogP contribution is 2.31. The van der Waals surface area contributed by atoms with Crippen molar-refractivity contribution < 1.29 is 26.3 Å². The van der Waals surface area contributed by atoms with Crippen LogP contribution in [-0.2, 0) is 55.5 Å². The predicted molar refractivity (Wildman–Crippen MR) is 271 cm³/mol. The first kappa shape index (κ1) is 51.5. The molecule has 2 fully saturated rings. The van der Waals surface area contributed by atoms with Gasteiger partial charge in [0.2, 0.25) is 0 Å². The molecule has 0 aliphatic carbocycles. The molecule has 0 saturated carbocycles. The first-order valence-electron chi connectivity index (χ1n) is 24.0. The van der Waals surface area contributed by atoms with E-state index in [-0.39, 0.29) is 21.6 Å². The maximum Gasteiger partial charge on any atom is 0.264 e. The van der Waals surface area contributed by atoms with E-state index in [0.29, 0.717) is 41.5 Å². The molecule has 0 amide bonds. The van der Waals surface area contributed by atoms with Gasteiger partial charge in [0.15, 0.2) is 0 Å². The summed E-state index contributed by atoms with van der Waals surface area (Å²) >= 11 is 0. The summed E-state index contributed by atoms with van der Waals surface area (Å²) in [5, 5.41) is 17.0. The highest BCUT2D eigenvalue weighted by molar-refractivity contribution is 7.93. The minimum atomic E-state index is -3.73. The van der Waals surface area contributed by atoms with Gasteiger partial charge in [0, 0.05) is 62.6 Å². The Kier molecular flexibility index (Phi) is 18.0. The average molecular weight is 957 g/mol. The van der Waals surface area contributed by atoms with Crippen LogP contribution in [0, 0.1) is 11.8 Å². The van der Waals surface area contributed by atoms with Crippen molar-refractivity contribution in [3.05, 3.63) is 107 Å². The van der Waals surface area contributed by atoms with E-state index >= 15 is 0 Å². The zero-order valence-electron chi connectivity index (χ0n) is 41.0. The lowest BCUT2D eigenvalue weighted by Gasteiger charge is -2.32. The Hall–Kier alpha value is -4.84. The molecule has 8 rings (SSSR count). The number of aromatic amines is 2. The summed E-state index contributed by atoms with van der Waals surface area (Å²) in [5.74, 6) is 0.367. The van der Waals surface area contributed by atoms with Crippen LogP contribution in [0.15, 0.2) is 94.7 Å². The largest absolute Gasteiger partial charge is 0.379 e. The quantitative estimate of drug-likeness (QED) is 0.0960. The smallest absolute Gasteiger partial charge is 0.264 e. The highest BCUT2D eigenvalue weighted by atomic mass is 32.2. The molecule has 0 bridgehead atoms. The molecule has 364 valence electrons. The summed E-state index contributed by atoms with van der Waals surface area (Å²) in [6.07, 6.45) is 1.83. The van der Waals surface area contributed by atoms with Gasteiger partial charge >= 0.3 is 0 Å². The van der Waals surface area contributed by atoms with E-state index in [1.165, 1.54) is 19.7 Å². The summed E-state index contributed by atoms with van der Waals surface area (Å²) < 4.78 is 68.7. The molecule has 0 spiro atoms. The zero-order chi connectivity index (χ0) is 48.3. The number of fused-ring (bicyclic) bond motifs is 2. The van der Waals surface area contributed by atoms with Crippen molar-refractivity contribution in [3.8, 4) is 0 Å². The Morgan fingerprint density at radius 3 is 1.48 bits per heavy atom. The summed E-state index contributed by atoms with van der Waals surface area (Å²) in [5.41, 5.74) is 7.06. The lowest BCUT2D eigenvalue weighted by atomic mass is 10.1. The summed E-state index contributed by atoms with van der Waals surface area (Å²) in [7, 11) is -7.46. The van der Waals surface area contributed by atoms with Gasteiger partial charge in [-0.05, 0) is 103 Å². The van der Waals surface area contributed by atoms with E-state index < -0.39 is 20.0 Å². The van der Waals surface area contributed by atoms with Gasteiger partial charge in [-0.2, -0.15) is 10.2 Å². The lowest BCUT2D eigenvalue weighted by molar-refractivity contribution is -0.00473. The van der Waals surface area contributed by atoms with Crippen molar-refractivity contribution in [2.24, 2.45) is 11.8 Å². The van der Waals surface area contributed by atoms with E-state index in [1.54, 1.807) is 24.3 Å². The number of sulfonamides is 2. The molecular weight excluding hydrogens is 885 g/mol. The monoisotopic (exact) mass is 957 g/mol. The van der Waals surface area contributed by atoms with Crippen LogP contribution in [0.3, 0.4) is 0 Å². The van der Waals surface area contributed by atoms with Crippen LogP contribution in [0.4, 0.5) is 11.4 Å². The van der Waals surface area contributed by atoms with Crippen molar-refractivity contribution in [1.82, 2.24) is 30.2 Å². The van der Waals surface area contributed by atoms with Crippen LogP contribution in [-0.4, -0.2) is 112 Å². The van der Waals surface area contributed by atoms with Gasteiger partial charge in [0.25, 0.3) is 20.0 Å². The second-order valence-electron chi connectivity index (χ2n) is 17.9. The van der Waals surface area contributed by atoms with Crippen molar-refractivity contribution in [2.45, 2.75) is 104 Å². The number of ether oxygens (including phenoxy) is 2. The lowest BCUT2D eigenvalue weighted by Crippen LogP contribution is -2.43. The molecule has 0 unspecified atom stereocenters. The number of hydrogen-bond donors (Lipinski definition) is 2. The fourth-order valence-corrected chi connectivity index (χ4v) is 11.5. The molecule has 2 aliphatic rings. The van der Waals surface area contributed by atoms with Crippen molar-refractivity contribution in [2.75, 3.05) is 67.8 Å². The number of nitrogens with zero attached hydrogens (tertiary/aromatic N) is 6. The molecule has 0 radical (unpaired) electrons. The zero-order valence-corrected chi connectivity index (χ0v) is 42.6. The molecule has 2 N–H and O–H groups in total. The van der Waals surface area contributed by atoms with E-state index in [9.17, 15) is 16.8 Å². The van der Waals surface area contributed by atoms with E-state index in [0.717, 1.165) is 94.2 Å². The Morgan fingerprint density at radius 2 is 1.06 bits per heavy atom. The van der Waals surface area contributed by atoms with E-state index in [2.05, 4.69) is 51.0 Å². The van der Waals surface area contributed by atoms with Crippen LogP contribution < -0.4 is 8.61 Å². The summed E-state index contributed by atoms with van der Waals surface area (Å²) in [4.78, 5) is 5.18. The highest BCUT2D eigenvalue weighted by Gasteiger charge is 2.29. The summed E-state index contributed by atoms with van der Waals surface area (Å²) in [6.45, 7) is 26.3. The molecule has 16 heteroatoms. The molecule has 4 heterocycles. The second-order valence-corrected chi connectivity index (χ2v) is 21.7. The van der Waals surface area contributed by atoms with Gasteiger partial charge in [-0.15, -0.1) is 0 Å². The molecule has 14 nitrogen and oxygen atoms in total. The minimum Gasteiger partial charge on any atom is -0.379 e. The Bertz CT molecular complexity index is 2710. The Morgan fingerprint density at radius 1 is 0.627 bits per heavy atom. The third-order valence-corrected chi connectivity index (χ3v) is 15.6. The number of nitrogens with one attached hydrogen (secondary N) is 2. The molecule has 2 saturated heterocycles. The number of aromatic nitrogens is 4. The molecule has 2 aliphatic heterocycles. The van der Waals surface area contributed by atoms with E-state index in [1.807, 2.05) is 102 Å². The standard InChI is InChI=1S/C25H34N4O3S.C24H32N4O3S.C2H6/c1-5-20-6-8-21(9-7-20)29(15-18(2)3)33(30,31)22-10-11-23-24(14-22)26-27-25(23)16-28-12-13-32-17-19(28)4;1-4-19-5-7-20(8-6-19)28(16-18(2)3)32(29,30)21-9-10-22-23(15-21)25-26-24(22)17-27-11-13-31-14-12-27;1-2/h6-11,14,18-19H,5,12-13,15-17H2,1-4H3,(H,26,27);5-10,15,18H,4,11-14,16-17H2,1-3H3,(H,25,26);1-2H3/t19-;;/m0../s1. The van der Waals surface area contributed by atoms with Crippen LogP contribution in [0.1, 0.15) is 84.8 Å². The van der Waals surface area contributed by atoms with Gasteiger partial charge in [0.1, 0.15) is 0 Å². The van der Waals surface area contributed by atoms with Crippen molar-refractivity contribution >= 4 is 53.2 Å². The average Bonchev–Trinajstić information content (AvgIpc) is 3.94. The number of hydrogen-bond acceptors (Lipinski definition) is 10. The first-order chi connectivity index (χ1) is 32.2. The van der Waals surface area contributed by atoms with Crippen molar-refractivity contribution in [1.29, 1.82) is 0 Å².